The molecule has 1 amide bonds. The third-order valence-electron chi connectivity index (χ3n) is 5.60. The number of carbonyl (C=O) groups is 1. The number of piperidine rings is 1. The lowest BCUT2D eigenvalue weighted by Gasteiger charge is -2.48. The molecule has 2 aliphatic heterocycles. The fourth-order valence-corrected chi connectivity index (χ4v) is 4.66. The van der Waals surface area contributed by atoms with Gasteiger partial charge in [0.1, 0.15) is 15.4 Å². The van der Waals surface area contributed by atoms with Crippen LogP contribution in [0.2, 0.25) is 0 Å². The lowest BCUT2D eigenvalue weighted by atomic mass is 9.79. The van der Waals surface area contributed by atoms with E-state index in [1.807, 2.05) is 30.3 Å². The highest BCUT2D eigenvalue weighted by Gasteiger charge is 2.47. The van der Waals surface area contributed by atoms with Crippen LogP contribution in [-0.2, 0) is 20.2 Å². The molecule has 2 heterocycles. The summed E-state index contributed by atoms with van der Waals surface area (Å²) in [7, 11) is -3.16. The number of aliphatic hydroxyl groups is 1. The van der Waals surface area contributed by atoms with Gasteiger partial charge in [0.15, 0.2) is 0 Å². The lowest BCUT2D eigenvalue weighted by Crippen LogP contribution is -2.61. The van der Waals surface area contributed by atoms with Crippen LogP contribution in [0.3, 0.4) is 0 Å². The van der Waals surface area contributed by atoms with Gasteiger partial charge < -0.3 is 10.0 Å². The van der Waals surface area contributed by atoms with Gasteiger partial charge in [-0.3, -0.25) is 9.69 Å². The van der Waals surface area contributed by atoms with Crippen molar-refractivity contribution < 1.29 is 18.3 Å². The lowest BCUT2D eigenvalue weighted by molar-refractivity contribution is -0.142. The molecule has 0 spiro atoms. The first kappa shape index (κ1) is 19.3. The smallest absolute Gasteiger partial charge is 0.223 e. The molecule has 1 aromatic carbocycles. The van der Waals surface area contributed by atoms with Gasteiger partial charge in [-0.25, -0.2) is 8.42 Å². The van der Waals surface area contributed by atoms with Gasteiger partial charge >= 0.3 is 0 Å². The molecule has 2 aliphatic rings. The number of hydrogen-bond donors (Lipinski definition) is 1. The summed E-state index contributed by atoms with van der Waals surface area (Å²) < 4.78 is 22.7. The van der Waals surface area contributed by atoms with Crippen molar-refractivity contribution in [1.29, 1.82) is 0 Å². The van der Waals surface area contributed by atoms with E-state index < -0.39 is 15.4 Å². The van der Waals surface area contributed by atoms with Crippen molar-refractivity contribution in [3.8, 4) is 0 Å². The van der Waals surface area contributed by atoms with Crippen molar-refractivity contribution in [2.24, 2.45) is 0 Å². The van der Waals surface area contributed by atoms with E-state index >= 15 is 0 Å². The van der Waals surface area contributed by atoms with Crippen LogP contribution in [0.25, 0.3) is 0 Å². The molecular weight excluding hydrogens is 352 g/mol. The molecule has 2 atom stereocenters. The maximum Gasteiger partial charge on any atom is 0.223 e. The Morgan fingerprint density at radius 3 is 2.46 bits per heavy atom. The number of benzene rings is 1. The molecule has 2 saturated heterocycles. The highest BCUT2D eigenvalue weighted by molar-refractivity contribution is 7.90. The minimum atomic E-state index is -3.16. The van der Waals surface area contributed by atoms with Gasteiger partial charge in [0.25, 0.3) is 0 Å². The first-order valence-corrected chi connectivity index (χ1v) is 11.3. The minimum Gasteiger partial charge on any atom is -0.383 e. The van der Waals surface area contributed by atoms with Crippen LogP contribution in [0.1, 0.15) is 31.2 Å². The van der Waals surface area contributed by atoms with E-state index in [0.717, 1.165) is 37.8 Å². The van der Waals surface area contributed by atoms with Crippen molar-refractivity contribution in [3.05, 3.63) is 35.9 Å². The predicted molar refractivity (Wildman–Crippen MR) is 100 cm³/mol. The Labute approximate surface area is 155 Å². The number of likely N-dealkylation sites (tertiary alicyclic amines) is 2. The molecule has 0 saturated carbocycles. The maximum absolute atomic E-state index is 12.5. The van der Waals surface area contributed by atoms with Gasteiger partial charge in [-0.05, 0) is 37.9 Å². The van der Waals surface area contributed by atoms with E-state index in [-0.39, 0.29) is 24.1 Å². The molecule has 0 unspecified atom stereocenters. The standard InChI is InChI=1S/C19H28N2O4S/c1-26(24,25)14-9-18(22)21-13-10-19(23,16-7-3-2-4-8-16)17(15-21)20-11-5-6-12-20/h2-4,7-8,17,23H,5-6,9-15H2,1H3/t17-,19+/m1/s1. The van der Waals surface area contributed by atoms with Crippen LogP contribution in [-0.4, -0.2) is 73.5 Å². The molecule has 0 aromatic heterocycles. The van der Waals surface area contributed by atoms with Crippen molar-refractivity contribution in [2.45, 2.75) is 37.3 Å². The average molecular weight is 381 g/mol. The zero-order valence-corrected chi connectivity index (χ0v) is 16.1. The second-order valence-corrected chi connectivity index (χ2v) is 9.78. The summed E-state index contributed by atoms with van der Waals surface area (Å²) in [4.78, 5) is 16.5. The second kappa shape index (κ2) is 7.66. The van der Waals surface area contributed by atoms with Crippen LogP contribution in [0.5, 0.6) is 0 Å². The van der Waals surface area contributed by atoms with Gasteiger partial charge in [-0.1, -0.05) is 30.3 Å². The van der Waals surface area contributed by atoms with E-state index in [2.05, 4.69) is 4.90 Å². The number of hydrogen-bond acceptors (Lipinski definition) is 5. The van der Waals surface area contributed by atoms with E-state index in [0.29, 0.717) is 19.5 Å². The van der Waals surface area contributed by atoms with Gasteiger partial charge in [-0.2, -0.15) is 0 Å². The molecule has 6 nitrogen and oxygen atoms in total. The van der Waals surface area contributed by atoms with E-state index in [1.54, 1.807) is 4.90 Å². The fraction of sp³-hybridized carbons (Fsp3) is 0.632. The molecule has 0 aliphatic carbocycles. The first-order chi connectivity index (χ1) is 12.3. The van der Waals surface area contributed by atoms with Crippen LogP contribution in [0, 0.1) is 0 Å². The predicted octanol–water partition coefficient (Wildman–Crippen LogP) is 1.01. The molecular formula is C19H28N2O4S. The molecule has 7 heteroatoms. The highest BCUT2D eigenvalue weighted by Crippen LogP contribution is 2.37. The minimum absolute atomic E-state index is 0.00924. The number of carbonyl (C=O) groups excluding carboxylic acids is 1. The molecule has 0 radical (unpaired) electrons. The Hall–Kier alpha value is -1.44. The molecule has 2 fully saturated rings. The summed E-state index contributed by atoms with van der Waals surface area (Å²) in [6.07, 6.45) is 3.82. The van der Waals surface area contributed by atoms with Crippen LogP contribution < -0.4 is 0 Å². The zero-order chi connectivity index (χ0) is 18.8. The van der Waals surface area contributed by atoms with Crippen molar-refractivity contribution in [1.82, 2.24) is 9.80 Å². The Morgan fingerprint density at radius 2 is 1.85 bits per heavy atom. The van der Waals surface area contributed by atoms with Gasteiger partial charge in [0, 0.05) is 25.8 Å². The summed E-state index contributed by atoms with van der Waals surface area (Å²) in [5.74, 6) is -0.269. The summed E-state index contributed by atoms with van der Waals surface area (Å²) in [5, 5.41) is 11.5. The Morgan fingerprint density at radius 1 is 1.19 bits per heavy atom. The molecule has 1 N–H and O–H groups in total. The summed E-state index contributed by atoms with van der Waals surface area (Å²) >= 11 is 0. The molecule has 3 rings (SSSR count). The SMILES string of the molecule is CS(=O)(=O)CCC(=O)N1CC[C@](O)(c2ccccc2)[C@H](N2CCCC2)C1. The zero-order valence-electron chi connectivity index (χ0n) is 15.3. The van der Waals surface area contributed by atoms with Crippen LogP contribution in [0.4, 0.5) is 0 Å². The first-order valence-electron chi connectivity index (χ1n) is 9.27. The summed E-state index contributed by atoms with van der Waals surface area (Å²) in [6.45, 7) is 2.72. The number of rotatable bonds is 5. The highest BCUT2D eigenvalue weighted by atomic mass is 32.2. The van der Waals surface area contributed by atoms with Gasteiger partial charge in [0.05, 0.1) is 11.8 Å². The van der Waals surface area contributed by atoms with E-state index in [9.17, 15) is 18.3 Å². The molecule has 1 aromatic rings. The van der Waals surface area contributed by atoms with E-state index in [1.165, 1.54) is 0 Å². The topological polar surface area (TPSA) is 77.9 Å². The fourth-order valence-electron chi connectivity index (χ4n) is 4.11. The number of sulfone groups is 1. The molecule has 144 valence electrons. The van der Waals surface area contributed by atoms with E-state index in [4.69, 9.17) is 0 Å². The number of nitrogens with zero attached hydrogens (tertiary/aromatic N) is 2. The maximum atomic E-state index is 12.5. The quantitative estimate of drug-likeness (QED) is 0.825. The molecule has 26 heavy (non-hydrogen) atoms. The van der Waals surface area contributed by atoms with Crippen molar-refractivity contribution in [3.63, 3.8) is 0 Å². The second-order valence-electron chi connectivity index (χ2n) is 7.52. The Bertz CT molecular complexity index is 731. The van der Waals surface area contributed by atoms with Crippen LogP contribution >= 0.6 is 0 Å². The normalized spacial score (nSPS) is 27.6. The summed E-state index contributed by atoms with van der Waals surface area (Å²) in [6, 6.07) is 9.52. The van der Waals surface area contributed by atoms with Crippen molar-refractivity contribution in [2.75, 3.05) is 38.2 Å². The van der Waals surface area contributed by atoms with Crippen molar-refractivity contribution >= 4 is 15.7 Å². The third kappa shape index (κ3) is 4.27. The Balaban J connectivity index is 1.79. The van der Waals surface area contributed by atoms with Crippen LogP contribution in [0.15, 0.2) is 30.3 Å². The largest absolute Gasteiger partial charge is 0.383 e. The summed E-state index contributed by atoms with van der Waals surface area (Å²) in [5.41, 5.74) is -0.0979. The molecule has 0 bridgehead atoms. The monoisotopic (exact) mass is 380 g/mol. The Kier molecular flexibility index (Phi) is 5.69. The average Bonchev–Trinajstić information content (AvgIpc) is 3.14. The van der Waals surface area contributed by atoms with Gasteiger partial charge in [-0.15, -0.1) is 0 Å². The third-order valence-corrected chi connectivity index (χ3v) is 6.55. The number of amides is 1. The van der Waals surface area contributed by atoms with Gasteiger partial charge in [0.2, 0.25) is 5.91 Å².